The Morgan fingerprint density at radius 2 is 2.12 bits per heavy atom. The van der Waals surface area contributed by atoms with Crippen molar-refractivity contribution in [3.05, 3.63) is 21.8 Å². The fourth-order valence-electron chi connectivity index (χ4n) is 2.22. The van der Waals surface area contributed by atoms with Gasteiger partial charge in [-0.25, -0.2) is 0 Å². The average Bonchev–Trinajstić information content (AvgIpc) is 2.51. The Labute approximate surface area is 109 Å². The molecule has 2 rings (SSSR count). The van der Waals surface area contributed by atoms with Crippen LogP contribution in [0.5, 0.6) is 0 Å². The van der Waals surface area contributed by atoms with E-state index in [1.54, 1.807) is 6.08 Å². The standard InChI is InChI=1S/C12H14INO2/c1-8(2)14-7-12(6-11(14)16)4-3-10(15)9(13)5-12/h3-5,8H,6-7H2,1-2H3/t12-/m1/s1. The van der Waals surface area contributed by atoms with Crippen molar-refractivity contribution in [3.8, 4) is 0 Å². The lowest BCUT2D eigenvalue weighted by molar-refractivity contribution is -0.129. The molecule has 1 saturated heterocycles. The van der Waals surface area contributed by atoms with E-state index in [1.807, 2.05) is 53.5 Å². The van der Waals surface area contributed by atoms with Crippen LogP contribution in [0, 0.1) is 5.41 Å². The second kappa shape index (κ2) is 3.98. The SMILES string of the molecule is CC(C)N1C[C@@]2(C=CC(=O)C(I)=C2)CC1=O. The molecule has 1 atom stereocenters. The molecule has 1 aliphatic carbocycles. The minimum absolute atomic E-state index is 0.0432. The number of allylic oxidation sites excluding steroid dienone is 2. The summed E-state index contributed by atoms with van der Waals surface area (Å²) in [7, 11) is 0. The molecular formula is C12H14INO2. The molecule has 86 valence electrons. The predicted molar refractivity (Wildman–Crippen MR) is 70.1 cm³/mol. The molecule has 1 fully saturated rings. The minimum Gasteiger partial charge on any atom is -0.339 e. The van der Waals surface area contributed by atoms with Gasteiger partial charge < -0.3 is 4.90 Å². The first-order chi connectivity index (χ1) is 7.43. The highest BCUT2D eigenvalue weighted by Crippen LogP contribution is 2.39. The van der Waals surface area contributed by atoms with E-state index < -0.39 is 0 Å². The summed E-state index contributed by atoms with van der Waals surface area (Å²) in [5.41, 5.74) is -0.244. The van der Waals surface area contributed by atoms with E-state index >= 15 is 0 Å². The number of hydrogen-bond acceptors (Lipinski definition) is 2. The summed E-state index contributed by atoms with van der Waals surface area (Å²) in [6.07, 6.45) is 5.91. The first kappa shape index (κ1) is 11.8. The summed E-state index contributed by atoms with van der Waals surface area (Å²) >= 11 is 2.04. The topological polar surface area (TPSA) is 37.4 Å². The summed E-state index contributed by atoms with van der Waals surface area (Å²) in [4.78, 5) is 25.1. The van der Waals surface area contributed by atoms with E-state index in [2.05, 4.69) is 0 Å². The highest BCUT2D eigenvalue weighted by molar-refractivity contribution is 14.1. The highest BCUT2D eigenvalue weighted by atomic mass is 127. The molecule has 0 bridgehead atoms. The average molecular weight is 331 g/mol. The van der Waals surface area contributed by atoms with Gasteiger partial charge in [0.05, 0.1) is 3.58 Å². The Morgan fingerprint density at radius 3 is 2.62 bits per heavy atom. The molecule has 4 heteroatoms. The van der Waals surface area contributed by atoms with Gasteiger partial charge in [0.2, 0.25) is 5.91 Å². The van der Waals surface area contributed by atoms with Crippen LogP contribution in [-0.4, -0.2) is 29.2 Å². The summed E-state index contributed by atoms with van der Waals surface area (Å²) in [6, 6.07) is 0.226. The Hall–Kier alpha value is -0.650. The van der Waals surface area contributed by atoms with Crippen molar-refractivity contribution < 1.29 is 9.59 Å². The molecule has 0 aromatic heterocycles. The van der Waals surface area contributed by atoms with Gasteiger partial charge in [-0.1, -0.05) is 12.2 Å². The van der Waals surface area contributed by atoms with Crippen molar-refractivity contribution >= 4 is 34.3 Å². The van der Waals surface area contributed by atoms with E-state index in [0.717, 1.165) is 3.58 Å². The Morgan fingerprint density at radius 1 is 1.44 bits per heavy atom. The summed E-state index contributed by atoms with van der Waals surface area (Å²) < 4.78 is 0.721. The second-order valence-electron chi connectivity index (χ2n) is 4.72. The number of ketones is 1. The van der Waals surface area contributed by atoms with E-state index in [9.17, 15) is 9.59 Å². The predicted octanol–water partition coefficient (Wildman–Crippen LogP) is 2.07. The van der Waals surface area contributed by atoms with Gasteiger partial charge in [-0.2, -0.15) is 0 Å². The number of halogens is 1. The molecule has 1 spiro atoms. The second-order valence-corrected chi connectivity index (χ2v) is 5.88. The van der Waals surface area contributed by atoms with Crippen LogP contribution in [0.4, 0.5) is 0 Å². The van der Waals surface area contributed by atoms with Crippen LogP contribution in [0.15, 0.2) is 21.8 Å². The summed E-state index contributed by atoms with van der Waals surface area (Å²) in [5, 5.41) is 0. The fourth-order valence-corrected chi connectivity index (χ4v) is 3.02. The van der Waals surface area contributed by atoms with E-state index in [4.69, 9.17) is 0 Å². The lowest BCUT2D eigenvalue weighted by Gasteiger charge is -2.26. The largest absolute Gasteiger partial charge is 0.339 e. The maximum absolute atomic E-state index is 11.9. The van der Waals surface area contributed by atoms with Crippen LogP contribution in [0.2, 0.25) is 0 Å². The smallest absolute Gasteiger partial charge is 0.224 e. The molecule has 16 heavy (non-hydrogen) atoms. The minimum atomic E-state index is -0.244. The number of carbonyl (C=O) groups excluding carboxylic acids is 2. The molecule has 0 radical (unpaired) electrons. The zero-order valence-electron chi connectivity index (χ0n) is 9.37. The lowest BCUT2D eigenvalue weighted by atomic mass is 9.83. The van der Waals surface area contributed by atoms with Crippen LogP contribution < -0.4 is 0 Å². The van der Waals surface area contributed by atoms with Crippen molar-refractivity contribution in [3.63, 3.8) is 0 Å². The third kappa shape index (κ3) is 1.95. The zero-order chi connectivity index (χ0) is 11.9. The monoisotopic (exact) mass is 331 g/mol. The normalized spacial score (nSPS) is 29.5. The summed E-state index contributed by atoms with van der Waals surface area (Å²) in [5.74, 6) is 0.219. The van der Waals surface area contributed by atoms with Gasteiger partial charge in [0, 0.05) is 24.4 Å². The van der Waals surface area contributed by atoms with Crippen LogP contribution in [-0.2, 0) is 9.59 Å². The van der Waals surface area contributed by atoms with Gasteiger partial charge in [-0.05, 0) is 42.5 Å². The fraction of sp³-hybridized carbons (Fsp3) is 0.500. The molecule has 1 amide bonds. The van der Waals surface area contributed by atoms with Crippen molar-refractivity contribution in [2.45, 2.75) is 26.3 Å². The third-order valence-electron chi connectivity index (χ3n) is 3.10. The van der Waals surface area contributed by atoms with Crippen molar-refractivity contribution in [1.29, 1.82) is 0 Å². The molecule has 2 aliphatic rings. The molecule has 3 nitrogen and oxygen atoms in total. The van der Waals surface area contributed by atoms with Gasteiger partial charge in [0.25, 0.3) is 0 Å². The number of nitrogens with zero attached hydrogens (tertiary/aromatic N) is 1. The van der Waals surface area contributed by atoms with Gasteiger partial charge in [0.15, 0.2) is 5.78 Å². The first-order valence-electron chi connectivity index (χ1n) is 5.35. The molecule has 0 saturated carbocycles. The number of rotatable bonds is 1. The van der Waals surface area contributed by atoms with E-state index in [1.165, 1.54) is 0 Å². The number of carbonyl (C=O) groups is 2. The van der Waals surface area contributed by atoms with Crippen LogP contribution in [0.3, 0.4) is 0 Å². The molecule has 0 N–H and O–H groups in total. The van der Waals surface area contributed by atoms with Crippen molar-refractivity contribution in [2.75, 3.05) is 6.54 Å². The van der Waals surface area contributed by atoms with Gasteiger partial charge in [-0.15, -0.1) is 0 Å². The van der Waals surface area contributed by atoms with Gasteiger partial charge in [-0.3, -0.25) is 9.59 Å². The summed E-state index contributed by atoms with van der Waals surface area (Å²) in [6.45, 7) is 4.73. The third-order valence-corrected chi connectivity index (χ3v) is 3.95. The Kier molecular flexibility index (Phi) is 2.94. The van der Waals surface area contributed by atoms with Crippen LogP contribution >= 0.6 is 22.6 Å². The molecular weight excluding hydrogens is 317 g/mol. The Bertz CT molecular complexity index is 411. The Balaban J connectivity index is 2.28. The molecule has 0 unspecified atom stereocenters. The first-order valence-corrected chi connectivity index (χ1v) is 6.43. The maximum atomic E-state index is 11.9. The molecule has 0 aromatic rings. The van der Waals surface area contributed by atoms with Crippen molar-refractivity contribution in [1.82, 2.24) is 4.90 Å². The quantitative estimate of drug-likeness (QED) is 0.690. The molecule has 1 aliphatic heterocycles. The maximum Gasteiger partial charge on any atom is 0.224 e. The van der Waals surface area contributed by atoms with Crippen LogP contribution in [0.1, 0.15) is 20.3 Å². The zero-order valence-corrected chi connectivity index (χ0v) is 11.5. The van der Waals surface area contributed by atoms with Gasteiger partial charge in [0.1, 0.15) is 0 Å². The number of likely N-dealkylation sites (tertiary alicyclic amines) is 1. The number of amides is 1. The van der Waals surface area contributed by atoms with E-state index in [0.29, 0.717) is 13.0 Å². The van der Waals surface area contributed by atoms with Crippen LogP contribution in [0.25, 0.3) is 0 Å². The van der Waals surface area contributed by atoms with E-state index in [-0.39, 0.29) is 23.1 Å². The molecule has 0 aromatic carbocycles. The molecule has 1 heterocycles. The lowest BCUT2D eigenvalue weighted by Crippen LogP contribution is -2.33. The van der Waals surface area contributed by atoms with Gasteiger partial charge >= 0.3 is 0 Å². The highest BCUT2D eigenvalue weighted by Gasteiger charge is 2.42. The van der Waals surface area contributed by atoms with Crippen molar-refractivity contribution in [2.24, 2.45) is 5.41 Å². The number of hydrogen-bond donors (Lipinski definition) is 0.